The zero-order chi connectivity index (χ0) is 10.6. The Balaban J connectivity index is 2.56. The number of nitrogen functional groups attached to an aromatic ring is 1. The molecule has 1 rings (SSSR count). The maximum Gasteiger partial charge on any atom is 0.0639 e. The Kier molecular flexibility index (Phi) is 3.92. The summed E-state index contributed by atoms with van der Waals surface area (Å²) in [4.78, 5) is 2.05. The van der Waals surface area contributed by atoms with Gasteiger partial charge in [-0.1, -0.05) is 18.2 Å². The number of aliphatic hydroxyl groups excluding tert-OH is 1. The number of nitrogens with zero attached hydrogens (tertiary/aromatic N) is 1. The number of hydrogen-bond acceptors (Lipinski definition) is 3. The monoisotopic (exact) mass is 194 g/mol. The van der Waals surface area contributed by atoms with Gasteiger partial charge in [-0.2, -0.15) is 0 Å². The van der Waals surface area contributed by atoms with Crippen LogP contribution in [0.3, 0.4) is 0 Å². The van der Waals surface area contributed by atoms with Gasteiger partial charge in [-0.3, -0.25) is 4.90 Å². The van der Waals surface area contributed by atoms with E-state index in [9.17, 15) is 5.11 Å². The summed E-state index contributed by atoms with van der Waals surface area (Å²) in [7, 11) is 1.97. The van der Waals surface area contributed by atoms with Gasteiger partial charge >= 0.3 is 0 Å². The molecule has 0 bridgehead atoms. The smallest absolute Gasteiger partial charge is 0.0639 e. The molecule has 1 aromatic rings. The Bertz CT molecular complexity index is 286. The molecule has 0 amide bonds. The maximum atomic E-state index is 9.20. The van der Waals surface area contributed by atoms with Crippen LogP contribution in [0, 0.1) is 0 Å². The number of para-hydroxylation sites is 1. The van der Waals surface area contributed by atoms with E-state index in [0.717, 1.165) is 17.8 Å². The fourth-order valence-electron chi connectivity index (χ4n) is 1.48. The van der Waals surface area contributed by atoms with Crippen molar-refractivity contribution in [2.45, 2.75) is 19.6 Å². The molecule has 0 fully saturated rings. The number of anilines is 1. The molecule has 0 heterocycles. The average molecular weight is 194 g/mol. The number of nitrogens with two attached hydrogens (primary N) is 1. The van der Waals surface area contributed by atoms with Crippen LogP contribution in [-0.2, 0) is 6.54 Å². The molecule has 3 heteroatoms. The third-order valence-electron chi connectivity index (χ3n) is 2.07. The standard InChI is InChI=1S/C11H18N2O/c1-9(14)7-13(2)8-10-5-3-4-6-11(10)12/h3-6,9,14H,7-8,12H2,1-2H3. The highest BCUT2D eigenvalue weighted by Gasteiger charge is 2.05. The minimum Gasteiger partial charge on any atom is -0.398 e. The van der Waals surface area contributed by atoms with Crippen LogP contribution in [0.2, 0.25) is 0 Å². The SMILES string of the molecule is CC(O)CN(C)Cc1ccccc1N. The van der Waals surface area contributed by atoms with E-state index in [1.54, 1.807) is 6.92 Å². The quantitative estimate of drug-likeness (QED) is 0.705. The molecule has 0 saturated heterocycles. The molecular weight excluding hydrogens is 176 g/mol. The van der Waals surface area contributed by atoms with Crippen molar-refractivity contribution in [3.05, 3.63) is 29.8 Å². The van der Waals surface area contributed by atoms with Gasteiger partial charge in [0.1, 0.15) is 0 Å². The second-order valence-electron chi connectivity index (χ2n) is 3.74. The zero-order valence-corrected chi connectivity index (χ0v) is 8.77. The lowest BCUT2D eigenvalue weighted by atomic mass is 10.1. The zero-order valence-electron chi connectivity index (χ0n) is 8.77. The lowest BCUT2D eigenvalue weighted by molar-refractivity contribution is 0.138. The van der Waals surface area contributed by atoms with Crippen molar-refractivity contribution in [1.82, 2.24) is 4.90 Å². The van der Waals surface area contributed by atoms with E-state index in [1.807, 2.05) is 31.3 Å². The number of likely N-dealkylation sites (N-methyl/N-ethyl adjacent to an activating group) is 1. The van der Waals surface area contributed by atoms with Gasteiger partial charge in [0.05, 0.1) is 6.10 Å². The Morgan fingerprint density at radius 2 is 2.07 bits per heavy atom. The van der Waals surface area contributed by atoms with Gasteiger partial charge in [0.15, 0.2) is 0 Å². The van der Waals surface area contributed by atoms with Crippen LogP contribution in [0.4, 0.5) is 5.69 Å². The molecule has 1 aromatic carbocycles. The van der Waals surface area contributed by atoms with E-state index in [0.29, 0.717) is 6.54 Å². The summed E-state index contributed by atoms with van der Waals surface area (Å²) in [6, 6.07) is 7.80. The minimum atomic E-state index is -0.301. The highest BCUT2D eigenvalue weighted by molar-refractivity contribution is 5.46. The predicted molar refractivity (Wildman–Crippen MR) is 58.9 cm³/mol. The fraction of sp³-hybridized carbons (Fsp3) is 0.455. The molecule has 0 aliphatic rings. The molecule has 78 valence electrons. The summed E-state index contributed by atoms with van der Waals surface area (Å²) >= 11 is 0. The summed E-state index contributed by atoms with van der Waals surface area (Å²) in [5.74, 6) is 0. The average Bonchev–Trinajstić information content (AvgIpc) is 2.07. The van der Waals surface area contributed by atoms with Crippen LogP contribution in [0.25, 0.3) is 0 Å². The lowest BCUT2D eigenvalue weighted by Gasteiger charge is -2.19. The molecule has 0 aliphatic heterocycles. The minimum absolute atomic E-state index is 0.301. The van der Waals surface area contributed by atoms with Crippen molar-refractivity contribution in [3.63, 3.8) is 0 Å². The van der Waals surface area contributed by atoms with Crippen molar-refractivity contribution in [2.75, 3.05) is 19.3 Å². The van der Waals surface area contributed by atoms with Crippen LogP contribution in [0.1, 0.15) is 12.5 Å². The van der Waals surface area contributed by atoms with E-state index in [1.165, 1.54) is 0 Å². The largest absolute Gasteiger partial charge is 0.398 e. The van der Waals surface area contributed by atoms with Gasteiger partial charge in [0, 0.05) is 18.8 Å². The fourth-order valence-corrected chi connectivity index (χ4v) is 1.48. The van der Waals surface area contributed by atoms with Crippen molar-refractivity contribution in [3.8, 4) is 0 Å². The summed E-state index contributed by atoms with van der Waals surface area (Å²) in [6.07, 6.45) is -0.301. The Morgan fingerprint density at radius 3 is 2.64 bits per heavy atom. The van der Waals surface area contributed by atoms with E-state index < -0.39 is 0 Å². The van der Waals surface area contributed by atoms with Crippen molar-refractivity contribution >= 4 is 5.69 Å². The Morgan fingerprint density at radius 1 is 1.43 bits per heavy atom. The summed E-state index contributed by atoms with van der Waals surface area (Å²) in [5, 5.41) is 9.20. The molecule has 1 unspecified atom stereocenters. The molecule has 0 saturated carbocycles. The van der Waals surface area contributed by atoms with Gasteiger partial charge in [0.2, 0.25) is 0 Å². The summed E-state index contributed by atoms with van der Waals surface area (Å²) in [5.41, 5.74) is 7.73. The normalized spacial score (nSPS) is 13.1. The third kappa shape index (κ3) is 3.36. The highest BCUT2D eigenvalue weighted by Crippen LogP contribution is 2.12. The second kappa shape index (κ2) is 4.98. The van der Waals surface area contributed by atoms with Gasteiger partial charge in [-0.25, -0.2) is 0 Å². The first-order valence-corrected chi connectivity index (χ1v) is 4.79. The van der Waals surface area contributed by atoms with Crippen molar-refractivity contribution in [2.24, 2.45) is 0 Å². The number of benzene rings is 1. The highest BCUT2D eigenvalue weighted by atomic mass is 16.3. The van der Waals surface area contributed by atoms with E-state index in [2.05, 4.69) is 4.90 Å². The lowest BCUT2D eigenvalue weighted by Crippen LogP contribution is -2.27. The molecule has 0 aromatic heterocycles. The van der Waals surface area contributed by atoms with Crippen LogP contribution in [0.5, 0.6) is 0 Å². The van der Waals surface area contributed by atoms with Crippen LogP contribution in [0.15, 0.2) is 24.3 Å². The number of hydrogen-bond donors (Lipinski definition) is 2. The molecule has 3 N–H and O–H groups in total. The molecule has 14 heavy (non-hydrogen) atoms. The van der Waals surface area contributed by atoms with Crippen LogP contribution < -0.4 is 5.73 Å². The Hall–Kier alpha value is -1.06. The van der Waals surface area contributed by atoms with Gasteiger partial charge in [0.25, 0.3) is 0 Å². The van der Waals surface area contributed by atoms with E-state index >= 15 is 0 Å². The maximum absolute atomic E-state index is 9.20. The topological polar surface area (TPSA) is 49.5 Å². The number of aliphatic hydroxyl groups is 1. The molecule has 0 aliphatic carbocycles. The predicted octanol–water partition coefficient (Wildman–Crippen LogP) is 1.08. The van der Waals surface area contributed by atoms with E-state index in [-0.39, 0.29) is 6.10 Å². The van der Waals surface area contributed by atoms with Crippen molar-refractivity contribution < 1.29 is 5.11 Å². The summed E-state index contributed by atoms with van der Waals surface area (Å²) < 4.78 is 0. The molecule has 1 atom stereocenters. The third-order valence-corrected chi connectivity index (χ3v) is 2.07. The molecular formula is C11H18N2O. The van der Waals surface area contributed by atoms with Gasteiger partial charge in [-0.05, 0) is 25.6 Å². The number of rotatable bonds is 4. The van der Waals surface area contributed by atoms with Gasteiger partial charge < -0.3 is 10.8 Å². The first-order valence-electron chi connectivity index (χ1n) is 4.79. The molecule has 3 nitrogen and oxygen atoms in total. The molecule has 0 spiro atoms. The van der Waals surface area contributed by atoms with Gasteiger partial charge in [-0.15, -0.1) is 0 Å². The first-order chi connectivity index (χ1) is 6.59. The van der Waals surface area contributed by atoms with Crippen molar-refractivity contribution in [1.29, 1.82) is 0 Å². The van der Waals surface area contributed by atoms with Crippen LogP contribution >= 0.6 is 0 Å². The molecule has 0 radical (unpaired) electrons. The second-order valence-corrected chi connectivity index (χ2v) is 3.74. The summed E-state index contributed by atoms with van der Waals surface area (Å²) in [6.45, 7) is 3.22. The van der Waals surface area contributed by atoms with E-state index in [4.69, 9.17) is 5.73 Å². The first kappa shape index (κ1) is 11.0. The van der Waals surface area contributed by atoms with Crippen LogP contribution in [-0.4, -0.2) is 29.7 Å². The Labute approximate surface area is 85.2 Å².